The van der Waals surface area contributed by atoms with E-state index >= 15 is 0 Å². The Bertz CT molecular complexity index is 687. The van der Waals surface area contributed by atoms with Gasteiger partial charge in [-0.2, -0.15) is 0 Å². The fourth-order valence-electron chi connectivity index (χ4n) is 3.65. The van der Waals surface area contributed by atoms with Crippen LogP contribution in [0.2, 0.25) is 0 Å². The Labute approximate surface area is 148 Å². The topological polar surface area (TPSA) is 32.3 Å². The van der Waals surface area contributed by atoms with Gasteiger partial charge in [0, 0.05) is 26.1 Å². The zero-order chi connectivity index (χ0) is 17.6. The van der Waals surface area contributed by atoms with Crippen molar-refractivity contribution < 1.29 is 9.18 Å². The van der Waals surface area contributed by atoms with Crippen LogP contribution >= 0.6 is 0 Å². The highest BCUT2D eigenvalue weighted by Gasteiger charge is 2.32. The minimum absolute atomic E-state index is 0.0976. The second-order valence-electron chi connectivity index (χ2n) is 6.73. The summed E-state index contributed by atoms with van der Waals surface area (Å²) >= 11 is 0. The normalized spacial score (nSPS) is 20.5. The molecule has 25 heavy (non-hydrogen) atoms. The number of benzene rings is 2. The van der Waals surface area contributed by atoms with Gasteiger partial charge in [0.15, 0.2) is 0 Å². The molecule has 0 aliphatic carbocycles. The fourth-order valence-corrected chi connectivity index (χ4v) is 3.65. The van der Waals surface area contributed by atoms with Crippen LogP contribution in [0.15, 0.2) is 54.6 Å². The van der Waals surface area contributed by atoms with Crippen LogP contribution in [0.5, 0.6) is 0 Å². The Morgan fingerprint density at radius 3 is 2.52 bits per heavy atom. The average Bonchev–Trinajstić information content (AvgIpc) is 2.63. The minimum atomic E-state index is -0.227. The van der Waals surface area contributed by atoms with E-state index < -0.39 is 0 Å². The van der Waals surface area contributed by atoms with Gasteiger partial charge in [-0.15, -0.1) is 0 Å². The number of nitrogens with one attached hydrogen (secondary N) is 1. The third-order valence-corrected chi connectivity index (χ3v) is 4.95. The lowest BCUT2D eigenvalue weighted by atomic mass is 9.90. The predicted octanol–water partition coefficient (Wildman–Crippen LogP) is 3.54. The molecule has 1 fully saturated rings. The molecule has 2 aromatic rings. The molecule has 1 aliphatic heterocycles. The predicted molar refractivity (Wildman–Crippen MR) is 97.6 cm³/mol. The highest BCUT2D eigenvalue weighted by atomic mass is 19.1. The maximum atomic E-state index is 13.2. The maximum Gasteiger partial charge on any atom is 0.219 e. The molecule has 3 nitrogen and oxygen atoms in total. The number of carbonyl (C=O) groups is 1. The summed E-state index contributed by atoms with van der Waals surface area (Å²) in [5, 5.41) is 3.64. The van der Waals surface area contributed by atoms with Crippen LogP contribution in [0.3, 0.4) is 0 Å². The summed E-state index contributed by atoms with van der Waals surface area (Å²) in [5.41, 5.74) is 2.30. The standard InChI is InChI=1S/C21H25FN2O/c1-16(25)24-13-5-8-20(23-15-18-6-3-2-4-7-18)21(24)14-17-9-11-19(22)12-10-17/h2-4,6-7,9-12,20-21,23H,5,8,13-15H2,1H3/t20-,21-/m0/s1. The van der Waals surface area contributed by atoms with Crippen molar-refractivity contribution in [3.05, 3.63) is 71.5 Å². The highest BCUT2D eigenvalue weighted by Crippen LogP contribution is 2.22. The van der Waals surface area contributed by atoms with E-state index in [2.05, 4.69) is 17.4 Å². The Morgan fingerprint density at radius 1 is 1.12 bits per heavy atom. The molecule has 0 radical (unpaired) electrons. The maximum absolute atomic E-state index is 13.2. The van der Waals surface area contributed by atoms with E-state index in [1.807, 2.05) is 35.2 Å². The molecule has 2 aromatic carbocycles. The van der Waals surface area contributed by atoms with Crippen molar-refractivity contribution in [1.82, 2.24) is 10.2 Å². The Hall–Kier alpha value is -2.20. The number of likely N-dealkylation sites (tertiary alicyclic amines) is 1. The monoisotopic (exact) mass is 340 g/mol. The second kappa shape index (κ2) is 8.26. The van der Waals surface area contributed by atoms with E-state index in [0.717, 1.165) is 37.9 Å². The molecule has 0 aromatic heterocycles. The van der Waals surface area contributed by atoms with Crippen LogP contribution in [0, 0.1) is 5.82 Å². The molecule has 1 N–H and O–H groups in total. The van der Waals surface area contributed by atoms with Gasteiger partial charge >= 0.3 is 0 Å². The van der Waals surface area contributed by atoms with Crippen molar-refractivity contribution >= 4 is 5.91 Å². The van der Waals surface area contributed by atoms with E-state index in [1.54, 1.807) is 6.92 Å². The first-order valence-corrected chi connectivity index (χ1v) is 8.92. The summed E-state index contributed by atoms with van der Waals surface area (Å²) in [7, 11) is 0. The summed E-state index contributed by atoms with van der Waals surface area (Å²) in [6.07, 6.45) is 2.79. The summed E-state index contributed by atoms with van der Waals surface area (Å²) < 4.78 is 13.2. The number of rotatable bonds is 5. The molecule has 1 amide bonds. The summed E-state index contributed by atoms with van der Waals surface area (Å²) in [6.45, 7) is 3.22. The molecule has 0 bridgehead atoms. The average molecular weight is 340 g/mol. The Morgan fingerprint density at radius 2 is 1.84 bits per heavy atom. The van der Waals surface area contributed by atoms with Crippen LogP contribution in [0.25, 0.3) is 0 Å². The number of nitrogens with zero attached hydrogens (tertiary/aromatic N) is 1. The van der Waals surface area contributed by atoms with E-state index in [0.29, 0.717) is 0 Å². The van der Waals surface area contributed by atoms with Gasteiger partial charge in [0.25, 0.3) is 0 Å². The smallest absolute Gasteiger partial charge is 0.219 e. The summed E-state index contributed by atoms with van der Waals surface area (Å²) in [4.78, 5) is 14.1. The first kappa shape index (κ1) is 17.6. The lowest BCUT2D eigenvalue weighted by molar-refractivity contribution is -0.133. The van der Waals surface area contributed by atoms with E-state index in [9.17, 15) is 9.18 Å². The highest BCUT2D eigenvalue weighted by molar-refractivity contribution is 5.73. The SMILES string of the molecule is CC(=O)N1CCC[C@H](NCc2ccccc2)[C@@H]1Cc1ccc(F)cc1. The van der Waals surface area contributed by atoms with E-state index in [4.69, 9.17) is 0 Å². The number of amides is 1. The molecule has 1 heterocycles. The van der Waals surface area contributed by atoms with Crippen molar-refractivity contribution in [3.8, 4) is 0 Å². The summed E-state index contributed by atoms with van der Waals surface area (Å²) in [5.74, 6) is -0.118. The third kappa shape index (κ3) is 4.67. The fraction of sp³-hybridized carbons (Fsp3) is 0.381. The third-order valence-electron chi connectivity index (χ3n) is 4.95. The van der Waals surface area contributed by atoms with Gasteiger partial charge in [0.2, 0.25) is 5.91 Å². The molecule has 0 spiro atoms. The van der Waals surface area contributed by atoms with Gasteiger partial charge in [-0.25, -0.2) is 4.39 Å². The van der Waals surface area contributed by atoms with Gasteiger partial charge < -0.3 is 10.2 Å². The quantitative estimate of drug-likeness (QED) is 0.903. The van der Waals surface area contributed by atoms with E-state index in [1.165, 1.54) is 17.7 Å². The summed E-state index contributed by atoms with van der Waals surface area (Å²) in [6, 6.07) is 17.2. The van der Waals surface area contributed by atoms with Gasteiger partial charge in [-0.3, -0.25) is 4.79 Å². The first-order valence-electron chi connectivity index (χ1n) is 8.92. The van der Waals surface area contributed by atoms with Crippen molar-refractivity contribution in [2.24, 2.45) is 0 Å². The zero-order valence-electron chi connectivity index (χ0n) is 14.6. The molecule has 0 saturated carbocycles. The number of hydrogen-bond acceptors (Lipinski definition) is 2. The lowest BCUT2D eigenvalue weighted by Gasteiger charge is -2.41. The van der Waals surface area contributed by atoms with Gasteiger partial charge in [0.1, 0.15) is 5.82 Å². The lowest BCUT2D eigenvalue weighted by Crippen LogP contribution is -2.56. The molecule has 4 heteroatoms. The van der Waals surface area contributed by atoms with Gasteiger partial charge in [0.05, 0.1) is 6.04 Å². The largest absolute Gasteiger partial charge is 0.338 e. The van der Waals surface area contributed by atoms with Crippen molar-refractivity contribution in [1.29, 1.82) is 0 Å². The molecule has 2 atom stereocenters. The van der Waals surface area contributed by atoms with Crippen molar-refractivity contribution in [2.45, 2.75) is 44.8 Å². The van der Waals surface area contributed by atoms with E-state index in [-0.39, 0.29) is 23.8 Å². The van der Waals surface area contributed by atoms with Crippen LogP contribution in [-0.2, 0) is 17.8 Å². The number of carbonyl (C=O) groups excluding carboxylic acids is 1. The minimum Gasteiger partial charge on any atom is -0.338 e. The van der Waals surface area contributed by atoms with Crippen LogP contribution in [0.1, 0.15) is 30.9 Å². The Kier molecular flexibility index (Phi) is 5.82. The van der Waals surface area contributed by atoms with Crippen molar-refractivity contribution in [3.63, 3.8) is 0 Å². The van der Waals surface area contributed by atoms with Crippen LogP contribution in [-0.4, -0.2) is 29.4 Å². The molecule has 3 rings (SSSR count). The van der Waals surface area contributed by atoms with Gasteiger partial charge in [-0.05, 0) is 42.5 Å². The zero-order valence-corrected chi connectivity index (χ0v) is 14.6. The number of piperidine rings is 1. The molecule has 0 unspecified atom stereocenters. The number of hydrogen-bond donors (Lipinski definition) is 1. The first-order chi connectivity index (χ1) is 12.1. The molecule has 1 aliphatic rings. The van der Waals surface area contributed by atoms with Gasteiger partial charge in [-0.1, -0.05) is 42.5 Å². The molecule has 132 valence electrons. The number of halogens is 1. The second-order valence-corrected chi connectivity index (χ2v) is 6.73. The van der Waals surface area contributed by atoms with Crippen LogP contribution < -0.4 is 5.32 Å². The molecular weight excluding hydrogens is 315 g/mol. The Balaban J connectivity index is 1.73. The van der Waals surface area contributed by atoms with Crippen molar-refractivity contribution in [2.75, 3.05) is 6.54 Å². The molecule has 1 saturated heterocycles. The van der Waals surface area contributed by atoms with Crippen LogP contribution in [0.4, 0.5) is 4.39 Å². The molecular formula is C21H25FN2O.